The Morgan fingerprint density at radius 1 is 1.37 bits per heavy atom. The second-order valence-electron chi connectivity index (χ2n) is 4.42. The molecule has 1 atom stereocenters. The van der Waals surface area contributed by atoms with Gasteiger partial charge in [0.2, 0.25) is 0 Å². The summed E-state index contributed by atoms with van der Waals surface area (Å²) in [6.07, 6.45) is 1.27. The molecule has 1 aliphatic heterocycles. The Morgan fingerprint density at radius 2 is 2.11 bits per heavy atom. The smallest absolute Gasteiger partial charge is 0.314 e. The summed E-state index contributed by atoms with van der Waals surface area (Å²) in [7, 11) is 0. The molecule has 0 aliphatic carbocycles. The Hall–Kier alpha value is -2.01. The van der Waals surface area contributed by atoms with Gasteiger partial charge >= 0.3 is 5.97 Å². The van der Waals surface area contributed by atoms with E-state index in [0.29, 0.717) is 5.76 Å². The zero-order valence-electron chi connectivity index (χ0n) is 10.7. The number of carbonyl (C=O) groups is 1. The average Bonchev–Trinajstić information content (AvgIpc) is 2.79. The quantitative estimate of drug-likeness (QED) is 0.820. The van der Waals surface area contributed by atoms with Gasteiger partial charge in [0.05, 0.1) is 0 Å². The third-order valence-corrected chi connectivity index (χ3v) is 2.65. The van der Waals surface area contributed by atoms with Crippen molar-refractivity contribution in [1.29, 1.82) is 0 Å². The molecule has 19 heavy (non-hydrogen) atoms. The maximum absolute atomic E-state index is 11.7. The normalized spacial score (nSPS) is 21.3. The number of rotatable bonds is 5. The topological polar surface area (TPSA) is 65.0 Å². The van der Waals surface area contributed by atoms with Crippen LogP contribution in [0, 0.1) is 0 Å². The van der Waals surface area contributed by atoms with Crippen LogP contribution in [-0.2, 0) is 25.6 Å². The largest absolute Gasteiger partial charge is 0.461 e. The van der Waals surface area contributed by atoms with Gasteiger partial charge in [-0.2, -0.15) is 0 Å². The van der Waals surface area contributed by atoms with E-state index in [2.05, 4.69) is 0 Å². The molecule has 1 heterocycles. The van der Waals surface area contributed by atoms with Gasteiger partial charge in [-0.3, -0.25) is 4.79 Å². The van der Waals surface area contributed by atoms with Crippen molar-refractivity contribution in [3.05, 3.63) is 47.9 Å². The third-order valence-electron chi connectivity index (χ3n) is 2.65. The number of hydrogen-bond donors (Lipinski definition) is 1. The van der Waals surface area contributed by atoms with E-state index in [-0.39, 0.29) is 19.6 Å². The summed E-state index contributed by atoms with van der Waals surface area (Å²) in [5, 5.41) is 8.89. The predicted molar refractivity (Wildman–Crippen MR) is 66.6 cm³/mol. The van der Waals surface area contributed by atoms with Crippen molar-refractivity contribution >= 4 is 5.97 Å². The van der Waals surface area contributed by atoms with Crippen LogP contribution in [0.5, 0.6) is 0 Å². The van der Waals surface area contributed by atoms with Gasteiger partial charge in [0.1, 0.15) is 25.9 Å². The molecule has 0 amide bonds. The van der Waals surface area contributed by atoms with Crippen molar-refractivity contribution in [3.63, 3.8) is 0 Å². The number of benzene rings is 1. The summed E-state index contributed by atoms with van der Waals surface area (Å²) >= 11 is 0. The number of aliphatic hydroxyl groups is 1. The van der Waals surface area contributed by atoms with Crippen LogP contribution in [0.15, 0.2) is 42.4 Å². The molecule has 0 radical (unpaired) electrons. The predicted octanol–water partition coefficient (Wildman–Crippen LogP) is 1.72. The van der Waals surface area contributed by atoms with Gasteiger partial charge in [-0.05, 0) is 5.56 Å². The van der Waals surface area contributed by atoms with Crippen LogP contribution < -0.4 is 0 Å². The third kappa shape index (κ3) is 3.72. The summed E-state index contributed by atoms with van der Waals surface area (Å²) < 4.78 is 15.7. The first kappa shape index (κ1) is 13.4. The van der Waals surface area contributed by atoms with Gasteiger partial charge in [0.25, 0.3) is 5.79 Å². The molecule has 0 saturated heterocycles. The minimum Gasteiger partial charge on any atom is -0.461 e. The molecule has 1 aromatic carbocycles. The van der Waals surface area contributed by atoms with Crippen LogP contribution in [0.4, 0.5) is 0 Å². The number of ether oxygens (including phenoxy) is 3. The number of esters is 1. The van der Waals surface area contributed by atoms with Crippen LogP contribution in [0.2, 0.25) is 0 Å². The average molecular weight is 264 g/mol. The van der Waals surface area contributed by atoms with Crippen molar-refractivity contribution in [2.75, 3.05) is 6.61 Å². The highest BCUT2D eigenvalue weighted by atomic mass is 16.7. The maximum atomic E-state index is 11.7. The van der Waals surface area contributed by atoms with Crippen LogP contribution >= 0.6 is 0 Å². The van der Waals surface area contributed by atoms with Crippen molar-refractivity contribution in [3.8, 4) is 0 Å². The van der Waals surface area contributed by atoms with Crippen LogP contribution in [0.1, 0.15) is 18.9 Å². The van der Waals surface area contributed by atoms with E-state index in [1.807, 2.05) is 30.3 Å². The highest BCUT2D eigenvalue weighted by molar-refractivity contribution is 5.70. The summed E-state index contributed by atoms with van der Waals surface area (Å²) in [5.41, 5.74) is 0.920. The van der Waals surface area contributed by atoms with Crippen LogP contribution in [0.3, 0.4) is 0 Å². The summed E-state index contributed by atoms with van der Waals surface area (Å²) in [6, 6.07) is 9.41. The van der Waals surface area contributed by atoms with Crippen LogP contribution in [0.25, 0.3) is 0 Å². The lowest BCUT2D eigenvalue weighted by atomic mass is 10.2. The molecule has 1 aromatic rings. The molecule has 2 rings (SSSR count). The Morgan fingerprint density at radius 3 is 2.74 bits per heavy atom. The van der Waals surface area contributed by atoms with E-state index < -0.39 is 11.8 Å². The molecule has 5 heteroatoms. The van der Waals surface area contributed by atoms with Crippen molar-refractivity contribution in [1.82, 2.24) is 0 Å². The monoisotopic (exact) mass is 264 g/mol. The summed E-state index contributed by atoms with van der Waals surface area (Å²) in [4.78, 5) is 11.7. The van der Waals surface area contributed by atoms with E-state index in [4.69, 9.17) is 19.3 Å². The molecule has 5 nitrogen and oxygen atoms in total. The Balaban J connectivity index is 1.79. The first-order valence-electron chi connectivity index (χ1n) is 5.97. The molecule has 0 fully saturated rings. The van der Waals surface area contributed by atoms with Crippen molar-refractivity contribution < 1.29 is 24.1 Å². The van der Waals surface area contributed by atoms with Gasteiger partial charge in [-0.25, -0.2) is 0 Å². The van der Waals surface area contributed by atoms with Gasteiger partial charge in [0.15, 0.2) is 5.76 Å². The number of aliphatic hydroxyl groups excluding tert-OH is 1. The number of carbonyl (C=O) groups excluding carboxylic acids is 1. The minimum atomic E-state index is -1.09. The lowest BCUT2D eigenvalue weighted by Crippen LogP contribution is -2.30. The Labute approximate surface area is 111 Å². The minimum absolute atomic E-state index is 0.0418. The van der Waals surface area contributed by atoms with Gasteiger partial charge in [0, 0.05) is 6.92 Å². The van der Waals surface area contributed by atoms with E-state index in [0.717, 1.165) is 5.56 Å². The zero-order chi connectivity index (χ0) is 13.7. The molecule has 1 aliphatic rings. The molecule has 0 spiro atoms. The van der Waals surface area contributed by atoms with Crippen LogP contribution in [-0.4, -0.2) is 23.5 Å². The van der Waals surface area contributed by atoms with Crippen molar-refractivity contribution in [2.45, 2.75) is 25.7 Å². The second-order valence-corrected chi connectivity index (χ2v) is 4.42. The number of hydrogen-bond acceptors (Lipinski definition) is 5. The zero-order valence-corrected chi connectivity index (χ0v) is 10.7. The van der Waals surface area contributed by atoms with E-state index in [9.17, 15) is 4.79 Å². The van der Waals surface area contributed by atoms with Gasteiger partial charge < -0.3 is 19.3 Å². The molecule has 0 aromatic heterocycles. The lowest BCUT2D eigenvalue weighted by Gasteiger charge is -2.22. The van der Waals surface area contributed by atoms with E-state index >= 15 is 0 Å². The summed E-state index contributed by atoms with van der Waals surface area (Å²) in [6.45, 7) is 1.58. The Kier molecular flexibility index (Phi) is 4.06. The fourth-order valence-corrected chi connectivity index (χ4v) is 1.71. The highest BCUT2D eigenvalue weighted by Crippen LogP contribution is 2.28. The fraction of sp³-hybridized carbons (Fsp3) is 0.357. The standard InChI is InChI=1S/C14H16O5/c1-14(18-10-12(8-15)19-14)7-13(16)17-9-11-5-3-2-4-6-11/h2-6,10,15H,7-9H2,1H3. The van der Waals surface area contributed by atoms with Gasteiger partial charge in [-0.15, -0.1) is 0 Å². The molecule has 0 bridgehead atoms. The highest BCUT2D eigenvalue weighted by Gasteiger charge is 2.36. The van der Waals surface area contributed by atoms with E-state index in [1.165, 1.54) is 6.26 Å². The first-order valence-corrected chi connectivity index (χ1v) is 5.97. The molecular formula is C14H16O5. The maximum Gasteiger partial charge on any atom is 0.314 e. The van der Waals surface area contributed by atoms with Crippen molar-refractivity contribution in [2.24, 2.45) is 0 Å². The van der Waals surface area contributed by atoms with Gasteiger partial charge in [-0.1, -0.05) is 30.3 Å². The molecule has 0 saturated carbocycles. The molecule has 1 unspecified atom stereocenters. The SMILES string of the molecule is CC1(CC(=O)OCc2ccccc2)OC=C(CO)O1. The molecular weight excluding hydrogens is 248 g/mol. The Bertz CT molecular complexity index is 468. The second kappa shape index (κ2) is 5.75. The molecule has 102 valence electrons. The first-order chi connectivity index (χ1) is 9.11. The fourth-order valence-electron chi connectivity index (χ4n) is 1.71. The summed E-state index contributed by atoms with van der Waals surface area (Å²) in [5.74, 6) is -1.21. The molecule has 1 N–H and O–H groups in total. The lowest BCUT2D eigenvalue weighted by molar-refractivity contribution is -0.173. The van der Waals surface area contributed by atoms with E-state index in [1.54, 1.807) is 6.92 Å².